The molecule has 3 nitrogen and oxygen atoms in total. The molecule has 0 spiro atoms. The van der Waals surface area contributed by atoms with E-state index in [-0.39, 0.29) is 0 Å². The maximum absolute atomic E-state index is 6.00. The summed E-state index contributed by atoms with van der Waals surface area (Å²) in [7, 11) is 0. The summed E-state index contributed by atoms with van der Waals surface area (Å²) in [6, 6.07) is 3.91. The van der Waals surface area contributed by atoms with Gasteiger partial charge in [-0.25, -0.2) is 0 Å². The molecule has 0 aliphatic carbocycles. The highest BCUT2D eigenvalue weighted by molar-refractivity contribution is 6.31. The second kappa shape index (κ2) is 3.42. The van der Waals surface area contributed by atoms with Crippen LogP contribution in [0.2, 0.25) is 5.02 Å². The van der Waals surface area contributed by atoms with E-state index >= 15 is 0 Å². The summed E-state index contributed by atoms with van der Waals surface area (Å²) in [5.74, 6) is 0. The average Bonchev–Trinajstić information content (AvgIpc) is 2.64. The fraction of sp³-hybridized carbons (Fsp3) is 0.200. The molecule has 0 aliphatic rings. The zero-order valence-corrected chi connectivity index (χ0v) is 8.78. The van der Waals surface area contributed by atoms with Crippen molar-refractivity contribution in [2.75, 3.05) is 0 Å². The molecule has 1 heterocycles. The van der Waals surface area contributed by atoms with E-state index < -0.39 is 0 Å². The van der Waals surface area contributed by atoms with E-state index in [0.717, 1.165) is 21.8 Å². The molecule has 72 valence electrons. The summed E-state index contributed by atoms with van der Waals surface area (Å²) in [6.07, 6.45) is 3.31. The molecule has 1 aromatic carbocycles. The van der Waals surface area contributed by atoms with E-state index in [9.17, 15) is 0 Å². The Kier molecular flexibility index (Phi) is 2.25. The average molecular weight is 208 g/mol. The summed E-state index contributed by atoms with van der Waals surface area (Å²) in [5, 5.41) is 8.94. The lowest BCUT2D eigenvalue weighted by Gasteiger charge is -2.06. The van der Waals surface area contributed by atoms with Crippen LogP contribution in [0.15, 0.2) is 24.5 Å². The van der Waals surface area contributed by atoms with Crippen LogP contribution in [0.5, 0.6) is 0 Å². The van der Waals surface area contributed by atoms with E-state index in [1.807, 2.05) is 26.0 Å². The number of halogens is 1. The van der Waals surface area contributed by atoms with Crippen molar-refractivity contribution in [3.05, 3.63) is 40.7 Å². The molecule has 0 amide bonds. The van der Waals surface area contributed by atoms with Crippen LogP contribution in [-0.4, -0.2) is 15.0 Å². The lowest BCUT2D eigenvalue weighted by molar-refractivity contribution is 0.746. The predicted octanol–water partition coefficient (Wildman–Crippen LogP) is 2.54. The topological polar surface area (TPSA) is 30.7 Å². The van der Waals surface area contributed by atoms with E-state index in [1.54, 1.807) is 17.2 Å². The first-order chi connectivity index (χ1) is 6.68. The van der Waals surface area contributed by atoms with Crippen LogP contribution in [0.1, 0.15) is 11.1 Å². The van der Waals surface area contributed by atoms with Gasteiger partial charge in [0, 0.05) is 5.02 Å². The second-order valence-electron chi connectivity index (χ2n) is 3.21. The van der Waals surface area contributed by atoms with Crippen molar-refractivity contribution in [3.8, 4) is 5.69 Å². The number of aryl methyl sites for hydroxylation is 2. The molecule has 1 aromatic heterocycles. The summed E-state index contributed by atoms with van der Waals surface area (Å²) in [4.78, 5) is 1.60. The van der Waals surface area contributed by atoms with Gasteiger partial charge in [-0.3, -0.25) is 0 Å². The van der Waals surface area contributed by atoms with Gasteiger partial charge in [0.05, 0.1) is 18.1 Å². The maximum Gasteiger partial charge on any atom is 0.0889 e. The predicted molar refractivity (Wildman–Crippen MR) is 55.8 cm³/mol. The standard InChI is InChI=1S/C10H10ClN3/c1-7-6-10(8(2)5-9(7)11)14-12-3-4-13-14/h3-6H,1-2H3. The van der Waals surface area contributed by atoms with Crippen LogP contribution in [-0.2, 0) is 0 Å². The Hall–Kier alpha value is -1.35. The lowest BCUT2D eigenvalue weighted by atomic mass is 10.1. The summed E-state index contributed by atoms with van der Waals surface area (Å²) >= 11 is 6.00. The van der Waals surface area contributed by atoms with Crippen molar-refractivity contribution in [2.24, 2.45) is 0 Å². The van der Waals surface area contributed by atoms with Crippen molar-refractivity contribution in [3.63, 3.8) is 0 Å². The summed E-state index contributed by atoms with van der Waals surface area (Å²) < 4.78 is 0. The van der Waals surface area contributed by atoms with E-state index in [2.05, 4.69) is 10.2 Å². The molecule has 0 unspecified atom stereocenters. The molecule has 0 bridgehead atoms. The Bertz CT molecular complexity index is 449. The van der Waals surface area contributed by atoms with Crippen molar-refractivity contribution in [1.29, 1.82) is 0 Å². The number of benzene rings is 1. The molecule has 0 fully saturated rings. The van der Waals surface area contributed by atoms with Crippen LogP contribution >= 0.6 is 11.6 Å². The molecule has 4 heteroatoms. The van der Waals surface area contributed by atoms with Gasteiger partial charge in [-0.2, -0.15) is 15.0 Å². The Morgan fingerprint density at radius 1 is 1.07 bits per heavy atom. The second-order valence-corrected chi connectivity index (χ2v) is 3.61. The van der Waals surface area contributed by atoms with Gasteiger partial charge in [0.1, 0.15) is 0 Å². The molecular weight excluding hydrogens is 198 g/mol. The van der Waals surface area contributed by atoms with Crippen molar-refractivity contribution < 1.29 is 0 Å². The van der Waals surface area contributed by atoms with Gasteiger partial charge in [-0.15, -0.1) is 0 Å². The molecule has 14 heavy (non-hydrogen) atoms. The fourth-order valence-corrected chi connectivity index (χ4v) is 1.54. The third-order valence-corrected chi connectivity index (χ3v) is 2.52. The molecule has 0 radical (unpaired) electrons. The Labute approximate surface area is 87.3 Å². The van der Waals surface area contributed by atoms with E-state index in [0.29, 0.717) is 0 Å². The molecule has 0 aliphatic heterocycles. The summed E-state index contributed by atoms with van der Waals surface area (Å²) in [6.45, 7) is 3.96. The SMILES string of the molecule is Cc1cc(-n2nccn2)c(C)cc1Cl. The van der Waals surface area contributed by atoms with Gasteiger partial charge >= 0.3 is 0 Å². The minimum Gasteiger partial charge on any atom is -0.157 e. The van der Waals surface area contributed by atoms with Gasteiger partial charge in [0.25, 0.3) is 0 Å². The first-order valence-electron chi connectivity index (χ1n) is 4.32. The number of nitrogens with zero attached hydrogens (tertiary/aromatic N) is 3. The molecule has 0 saturated carbocycles. The van der Waals surface area contributed by atoms with Gasteiger partial charge in [0.15, 0.2) is 0 Å². The monoisotopic (exact) mass is 207 g/mol. The van der Waals surface area contributed by atoms with Crippen LogP contribution < -0.4 is 0 Å². The molecule has 0 atom stereocenters. The van der Waals surface area contributed by atoms with Gasteiger partial charge in [-0.05, 0) is 37.1 Å². The lowest BCUT2D eigenvalue weighted by Crippen LogP contribution is -2.01. The fourth-order valence-electron chi connectivity index (χ4n) is 1.32. The molecule has 2 aromatic rings. The van der Waals surface area contributed by atoms with Gasteiger partial charge < -0.3 is 0 Å². The molecule has 0 saturated heterocycles. The largest absolute Gasteiger partial charge is 0.157 e. The van der Waals surface area contributed by atoms with Crippen molar-refractivity contribution >= 4 is 11.6 Å². The minimum atomic E-state index is 0.776. The Balaban J connectivity index is 2.60. The van der Waals surface area contributed by atoms with Crippen molar-refractivity contribution in [2.45, 2.75) is 13.8 Å². The summed E-state index contributed by atoms with van der Waals surface area (Å²) in [5.41, 5.74) is 3.07. The van der Waals surface area contributed by atoms with Crippen LogP contribution in [0.25, 0.3) is 5.69 Å². The normalized spacial score (nSPS) is 10.5. The highest BCUT2D eigenvalue weighted by Crippen LogP contribution is 2.21. The minimum absolute atomic E-state index is 0.776. The van der Waals surface area contributed by atoms with Crippen LogP contribution in [0.4, 0.5) is 0 Å². The third-order valence-electron chi connectivity index (χ3n) is 2.11. The number of hydrogen-bond acceptors (Lipinski definition) is 2. The molecule has 0 N–H and O–H groups in total. The van der Waals surface area contributed by atoms with E-state index in [1.165, 1.54) is 0 Å². The van der Waals surface area contributed by atoms with Gasteiger partial charge in [-0.1, -0.05) is 11.6 Å². The highest BCUT2D eigenvalue weighted by Gasteiger charge is 2.05. The third kappa shape index (κ3) is 1.51. The smallest absolute Gasteiger partial charge is 0.0889 e. The maximum atomic E-state index is 6.00. The number of hydrogen-bond donors (Lipinski definition) is 0. The Morgan fingerprint density at radius 3 is 2.36 bits per heavy atom. The zero-order chi connectivity index (χ0) is 10.1. The zero-order valence-electron chi connectivity index (χ0n) is 8.03. The first kappa shape index (κ1) is 9.21. The highest BCUT2D eigenvalue weighted by atomic mass is 35.5. The molecule has 2 rings (SSSR count). The first-order valence-corrected chi connectivity index (χ1v) is 4.69. The number of aromatic nitrogens is 3. The van der Waals surface area contributed by atoms with Gasteiger partial charge in [0.2, 0.25) is 0 Å². The van der Waals surface area contributed by atoms with Crippen LogP contribution in [0, 0.1) is 13.8 Å². The Morgan fingerprint density at radius 2 is 1.71 bits per heavy atom. The number of rotatable bonds is 1. The molecular formula is C10H10ClN3. The van der Waals surface area contributed by atoms with Crippen LogP contribution in [0.3, 0.4) is 0 Å². The van der Waals surface area contributed by atoms with Crippen molar-refractivity contribution in [1.82, 2.24) is 15.0 Å². The van der Waals surface area contributed by atoms with E-state index in [4.69, 9.17) is 11.6 Å². The quantitative estimate of drug-likeness (QED) is 0.720.